The van der Waals surface area contributed by atoms with Crippen LogP contribution in [-0.4, -0.2) is 0 Å². The fourth-order valence-electron chi connectivity index (χ4n) is 11.4. The van der Waals surface area contributed by atoms with E-state index in [2.05, 4.69) is 212 Å². The maximum absolute atomic E-state index is 2.58. The lowest BCUT2D eigenvalue weighted by atomic mass is 9.61. The molecule has 0 radical (unpaired) electrons. The number of hydrogen-bond acceptors (Lipinski definition) is 0. The number of allylic oxidation sites excluding steroid dienone is 7. The molecule has 0 amide bonds. The molecule has 0 heteroatoms. The number of hydrogen-bond donors (Lipinski definition) is 0. The third kappa shape index (κ3) is 5.73. The van der Waals surface area contributed by atoms with Crippen molar-refractivity contribution in [2.75, 3.05) is 0 Å². The second-order valence-electron chi connectivity index (χ2n) is 17.3. The monoisotopic (exact) mass is 778 g/mol. The van der Waals surface area contributed by atoms with Gasteiger partial charge in [0.05, 0.1) is 0 Å². The molecule has 2 atom stereocenters. The Hall–Kier alpha value is -7.02. The van der Waals surface area contributed by atoms with Gasteiger partial charge in [-0.3, -0.25) is 0 Å². The summed E-state index contributed by atoms with van der Waals surface area (Å²) in [5, 5.41) is 2.52. The number of benzene rings is 8. The van der Waals surface area contributed by atoms with Gasteiger partial charge in [0, 0.05) is 5.41 Å². The molecule has 290 valence electrons. The summed E-state index contributed by atoms with van der Waals surface area (Å²) in [6.45, 7) is 0. The summed E-state index contributed by atoms with van der Waals surface area (Å²) in [4.78, 5) is 0. The zero-order chi connectivity index (χ0) is 40.3. The molecule has 0 aromatic heterocycles. The van der Waals surface area contributed by atoms with Gasteiger partial charge in [-0.2, -0.15) is 0 Å². The van der Waals surface area contributed by atoms with Gasteiger partial charge in [-0.1, -0.05) is 182 Å². The molecule has 12 rings (SSSR count). The fraction of sp³-hybridized carbons (Fsp3) is 0.115. The summed E-state index contributed by atoms with van der Waals surface area (Å²) >= 11 is 0. The molecule has 0 spiro atoms. The minimum atomic E-state index is -0.240. The molecule has 0 nitrogen and oxygen atoms in total. The van der Waals surface area contributed by atoms with Crippen LogP contribution in [-0.2, 0) is 5.41 Å². The van der Waals surface area contributed by atoms with Gasteiger partial charge in [0.2, 0.25) is 0 Å². The van der Waals surface area contributed by atoms with Gasteiger partial charge in [-0.05, 0) is 174 Å². The molecule has 4 aliphatic carbocycles. The normalized spacial score (nSPS) is 18.5. The van der Waals surface area contributed by atoms with Gasteiger partial charge in [-0.15, -0.1) is 0 Å². The smallest absolute Gasteiger partial charge is 0.0494 e. The topological polar surface area (TPSA) is 0 Å². The van der Waals surface area contributed by atoms with Crippen LogP contribution in [0.5, 0.6) is 0 Å². The molecule has 0 aliphatic heterocycles. The molecular weight excluding hydrogens is 733 g/mol. The molecule has 0 saturated heterocycles. The van der Waals surface area contributed by atoms with E-state index in [-0.39, 0.29) is 5.41 Å². The average molecular weight is 779 g/mol. The quantitative estimate of drug-likeness (QED) is 0.121. The van der Waals surface area contributed by atoms with E-state index in [1.807, 2.05) is 0 Å². The summed E-state index contributed by atoms with van der Waals surface area (Å²) < 4.78 is 0. The van der Waals surface area contributed by atoms with Crippen LogP contribution in [0.3, 0.4) is 0 Å². The minimum Gasteiger partial charge on any atom is -0.0885 e. The van der Waals surface area contributed by atoms with E-state index in [0.29, 0.717) is 5.92 Å². The maximum Gasteiger partial charge on any atom is 0.0494 e. The van der Waals surface area contributed by atoms with Gasteiger partial charge in [-0.25, -0.2) is 0 Å². The van der Waals surface area contributed by atoms with E-state index in [9.17, 15) is 0 Å². The van der Waals surface area contributed by atoms with Gasteiger partial charge in [0.1, 0.15) is 0 Å². The maximum atomic E-state index is 2.58. The third-order valence-electron chi connectivity index (χ3n) is 14.1. The highest BCUT2D eigenvalue weighted by Gasteiger charge is 2.49. The van der Waals surface area contributed by atoms with Crippen LogP contribution in [0.2, 0.25) is 0 Å². The molecule has 0 N–H and O–H groups in total. The van der Waals surface area contributed by atoms with Gasteiger partial charge in [0.15, 0.2) is 0 Å². The van der Waals surface area contributed by atoms with Crippen molar-refractivity contribution in [2.24, 2.45) is 5.92 Å². The van der Waals surface area contributed by atoms with Crippen LogP contribution in [0, 0.1) is 5.92 Å². The van der Waals surface area contributed by atoms with Crippen LogP contribution in [0.25, 0.3) is 78.1 Å². The van der Waals surface area contributed by atoms with Crippen LogP contribution in [0.4, 0.5) is 0 Å². The molecule has 0 saturated carbocycles. The van der Waals surface area contributed by atoms with E-state index in [0.717, 1.165) is 25.7 Å². The van der Waals surface area contributed by atoms with Crippen LogP contribution in [0.15, 0.2) is 212 Å². The van der Waals surface area contributed by atoms with Crippen molar-refractivity contribution in [1.82, 2.24) is 0 Å². The van der Waals surface area contributed by atoms with E-state index >= 15 is 0 Å². The third-order valence-corrected chi connectivity index (χ3v) is 14.1. The Bertz CT molecular complexity index is 3170. The molecule has 8 aromatic rings. The predicted molar refractivity (Wildman–Crippen MR) is 258 cm³/mol. The molecule has 0 bridgehead atoms. The van der Waals surface area contributed by atoms with Crippen molar-refractivity contribution in [1.29, 1.82) is 0 Å². The van der Waals surface area contributed by atoms with E-state index in [4.69, 9.17) is 0 Å². The summed E-state index contributed by atoms with van der Waals surface area (Å²) in [7, 11) is 0. The van der Waals surface area contributed by atoms with Gasteiger partial charge < -0.3 is 0 Å². The van der Waals surface area contributed by atoms with Gasteiger partial charge >= 0.3 is 0 Å². The van der Waals surface area contributed by atoms with E-state index < -0.39 is 0 Å². The summed E-state index contributed by atoms with van der Waals surface area (Å²) in [6.07, 6.45) is 19.9. The van der Waals surface area contributed by atoms with Crippen LogP contribution in [0.1, 0.15) is 59.9 Å². The SMILES string of the molecule is C1=CC(C(=Cc2ccc3c(c2)-c2ccccc2-c2ccccc2-c2cc4ccccc4cc2-3)c2ccc3c(c2)C(c2ccccc2)(C2CC=CCC2)c2ccccc2-3)=CCC1. The summed E-state index contributed by atoms with van der Waals surface area (Å²) in [5.74, 6) is 0.456. The second-order valence-corrected chi connectivity index (χ2v) is 17.3. The van der Waals surface area contributed by atoms with Crippen molar-refractivity contribution in [3.05, 3.63) is 240 Å². The number of rotatable bonds is 5. The average Bonchev–Trinajstić information content (AvgIpc) is 3.63. The van der Waals surface area contributed by atoms with Crippen LogP contribution >= 0.6 is 0 Å². The van der Waals surface area contributed by atoms with Gasteiger partial charge in [0.25, 0.3) is 0 Å². The summed E-state index contributed by atoms with van der Waals surface area (Å²) in [6, 6.07) is 66.8. The Morgan fingerprint density at radius 2 is 1.03 bits per heavy atom. The zero-order valence-corrected chi connectivity index (χ0v) is 34.3. The van der Waals surface area contributed by atoms with Crippen molar-refractivity contribution in [3.8, 4) is 55.6 Å². The highest BCUT2D eigenvalue weighted by Crippen LogP contribution is 2.59. The molecular formula is C61H46. The first kappa shape index (κ1) is 35.9. The lowest BCUT2D eigenvalue weighted by molar-refractivity contribution is 0.349. The van der Waals surface area contributed by atoms with Crippen molar-refractivity contribution in [2.45, 2.75) is 37.5 Å². The first-order chi connectivity index (χ1) is 30.3. The van der Waals surface area contributed by atoms with Crippen molar-refractivity contribution < 1.29 is 0 Å². The first-order valence-electron chi connectivity index (χ1n) is 22.2. The standard InChI is InChI=1S/C61H46/c1-4-18-42(19-5-1)55(45-33-35-54-53-30-16-17-31-59(53)61(60(54)40-45,46-22-6-2-7-23-46)47-24-8-3-9-25-47)36-41-32-34-52-56(37-41)50-28-14-12-26-48(50)49-27-13-15-29-51(49)57-38-43-20-10-11-21-44(43)39-58(52)57/h2-4,6-8,10-23,26-40,47H,1,5,9,24-25H2. The zero-order valence-electron chi connectivity index (χ0n) is 34.3. The van der Waals surface area contributed by atoms with Crippen molar-refractivity contribution >= 4 is 22.4 Å². The first-order valence-corrected chi connectivity index (χ1v) is 22.2. The Morgan fingerprint density at radius 3 is 1.70 bits per heavy atom. The molecule has 0 fully saturated rings. The van der Waals surface area contributed by atoms with Crippen molar-refractivity contribution in [3.63, 3.8) is 0 Å². The highest BCUT2D eigenvalue weighted by molar-refractivity contribution is 6.07. The largest absolute Gasteiger partial charge is 0.0885 e. The molecule has 61 heavy (non-hydrogen) atoms. The van der Waals surface area contributed by atoms with E-state index in [1.54, 1.807) is 0 Å². The molecule has 2 unspecified atom stereocenters. The second kappa shape index (κ2) is 14.6. The van der Waals surface area contributed by atoms with Crippen LogP contribution < -0.4 is 0 Å². The fourth-order valence-corrected chi connectivity index (χ4v) is 11.4. The van der Waals surface area contributed by atoms with E-state index in [1.165, 1.54) is 112 Å². The lowest BCUT2D eigenvalue weighted by Gasteiger charge is -2.41. The lowest BCUT2D eigenvalue weighted by Crippen LogP contribution is -2.36. The number of fused-ring (bicyclic) bond motifs is 12. The molecule has 8 aromatic carbocycles. The Balaban J connectivity index is 1.09. The minimum absolute atomic E-state index is 0.240. The Morgan fingerprint density at radius 1 is 0.443 bits per heavy atom. The predicted octanol–water partition coefficient (Wildman–Crippen LogP) is 16.3. The highest BCUT2D eigenvalue weighted by atomic mass is 14.5. The molecule has 0 heterocycles. The Labute approximate surface area is 359 Å². The summed E-state index contributed by atoms with van der Waals surface area (Å²) in [5.41, 5.74) is 22.0. The molecule has 4 aliphatic rings. The Kier molecular flexibility index (Phi) is 8.60.